The van der Waals surface area contributed by atoms with Crippen molar-refractivity contribution in [1.29, 1.82) is 0 Å². The number of ether oxygens (including phenoxy) is 1. The number of carbonyl (C=O) groups excluding carboxylic acids is 2. The number of halogens is 1. The lowest BCUT2D eigenvalue weighted by Gasteiger charge is -2.09. The van der Waals surface area contributed by atoms with Crippen LogP contribution >= 0.6 is 11.6 Å². The van der Waals surface area contributed by atoms with E-state index in [1.807, 2.05) is 6.92 Å². The van der Waals surface area contributed by atoms with Crippen molar-refractivity contribution in [2.75, 3.05) is 11.9 Å². The standard InChI is InChI=1S/C19H23ClN4O5/c1-5-6-7-23-18(20)17(13(4)22-23)19(26)29-10-16(25)21-14-8-11(2)12(3)9-15(14)24(27)28/h8-9H,5-7,10H2,1-4H3,(H,21,25). The molecule has 1 amide bonds. The zero-order valence-electron chi connectivity index (χ0n) is 16.7. The van der Waals surface area contributed by atoms with Crippen LogP contribution in [0.15, 0.2) is 12.1 Å². The zero-order chi connectivity index (χ0) is 21.7. The van der Waals surface area contributed by atoms with Crippen LogP contribution in [0.5, 0.6) is 0 Å². The fourth-order valence-electron chi connectivity index (χ4n) is 2.68. The Morgan fingerprint density at radius 1 is 1.28 bits per heavy atom. The van der Waals surface area contributed by atoms with E-state index in [9.17, 15) is 19.7 Å². The number of nitrogens with one attached hydrogen (secondary N) is 1. The van der Waals surface area contributed by atoms with Gasteiger partial charge in [-0.3, -0.25) is 19.6 Å². The smallest absolute Gasteiger partial charge is 0.343 e. The molecular weight excluding hydrogens is 400 g/mol. The molecule has 0 aliphatic carbocycles. The summed E-state index contributed by atoms with van der Waals surface area (Å²) in [5.41, 5.74) is 1.83. The number of carbonyl (C=O) groups is 2. The largest absolute Gasteiger partial charge is 0.452 e. The number of esters is 1. The Morgan fingerprint density at radius 3 is 2.55 bits per heavy atom. The SMILES string of the molecule is CCCCn1nc(C)c(C(=O)OCC(=O)Nc2cc(C)c(C)cc2[N+](=O)[O-])c1Cl. The zero-order valence-corrected chi connectivity index (χ0v) is 17.5. The van der Waals surface area contributed by atoms with E-state index in [0.29, 0.717) is 12.2 Å². The van der Waals surface area contributed by atoms with Gasteiger partial charge in [0.2, 0.25) is 0 Å². The molecule has 0 aliphatic heterocycles. The number of aromatic nitrogens is 2. The van der Waals surface area contributed by atoms with Crippen LogP contribution in [0.3, 0.4) is 0 Å². The molecule has 1 aromatic heterocycles. The number of nitrogens with zero attached hydrogens (tertiary/aromatic N) is 3. The van der Waals surface area contributed by atoms with Crippen molar-refractivity contribution in [2.45, 2.75) is 47.1 Å². The number of nitro benzene ring substituents is 1. The van der Waals surface area contributed by atoms with Crippen LogP contribution in [0.2, 0.25) is 5.15 Å². The van der Waals surface area contributed by atoms with Crippen molar-refractivity contribution in [3.05, 3.63) is 49.8 Å². The topological polar surface area (TPSA) is 116 Å². The molecule has 1 heterocycles. The molecular formula is C19H23ClN4O5. The molecule has 2 rings (SSSR count). The van der Waals surface area contributed by atoms with E-state index in [-0.39, 0.29) is 22.1 Å². The molecule has 0 spiro atoms. The Labute approximate surface area is 173 Å². The highest BCUT2D eigenvalue weighted by Gasteiger charge is 2.23. The molecule has 0 radical (unpaired) electrons. The monoisotopic (exact) mass is 422 g/mol. The molecule has 0 saturated carbocycles. The predicted molar refractivity (Wildman–Crippen MR) is 108 cm³/mol. The Kier molecular flexibility index (Phi) is 7.33. The van der Waals surface area contributed by atoms with E-state index < -0.39 is 23.4 Å². The first-order valence-electron chi connectivity index (χ1n) is 9.11. The van der Waals surface area contributed by atoms with Gasteiger partial charge < -0.3 is 10.1 Å². The van der Waals surface area contributed by atoms with E-state index in [2.05, 4.69) is 10.4 Å². The van der Waals surface area contributed by atoms with Gasteiger partial charge in [-0.15, -0.1) is 0 Å². The minimum atomic E-state index is -0.778. The number of anilines is 1. The normalized spacial score (nSPS) is 10.7. The number of hydrogen-bond donors (Lipinski definition) is 1. The third kappa shape index (κ3) is 5.32. The van der Waals surface area contributed by atoms with Crippen LogP contribution in [0, 0.1) is 30.9 Å². The van der Waals surface area contributed by atoms with Crippen LogP contribution in [0.4, 0.5) is 11.4 Å². The molecule has 2 aromatic rings. The third-order valence-electron chi connectivity index (χ3n) is 4.41. The third-order valence-corrected chi connectivity index (χ3v) is 4.79. The van der Waals surface area contributed by atoms with Crippen LogP contribution in [0.1, 0.15) is 46.9 Å². The molecule has 1 N–H and O–H groups in total. The maximum absolute atomic E-state index is 12.4. The molecule has 0 unspecified atom stereocenters. The number of benzene rings is 1. The highest BCUT2D eigenvalue weighted by molar-refractivity contribution is 6.32. The summed E-state index contributed by atoms with van der Waals surface area (Å²) in [5.74, 6) is -1.48. The summed E-state index contributed by atoms with van der Waals surface area (Å²) in [6.45, 7) is 7.12. The second kappa shape index (κ2) is 9.51. The van der Waals surface area contributed by atoms with Crippen molar-refractivity contribution in [1.82, 2.24) is 9.78 Å². The summed E-state index contributed by atoms with van der Waals surface area (Å²) in [5, 5.41) is 18.0. The van der Waals surface area contributed by atoms with Gasteiger partial charge in [-0.1, -0.05) is 24.9 Å². The van der Waals surface area contributed by atoms with Gasteiger partial charge in [0.15, 0.2) is 6.61 Å². The molecule has 0 bridgehead atoms. The fourth-order valence-corrected chi connectivity index (χ4v) is 3.02. The van der Waals surface area contributed by atoms with Crippen LogP contribution in [-0.2, 0) is 16.1 Å². The van der Waals surface area contributed by atoms with E-state index in [1.165, 1.54) is 16.8 Å². The lowest BCUT2D eigenvalue weighted by atomic mass is 10.1. The quantitative estimate of drug-likeness (QED) is 0.391. The molecule has 0 saturated heterocycles. The van der Waals surface area contributed by atoms with Crippen molar-refractivity contribution >= 4 is 34.9 Å². The highest BCUT2D eigenvalue weighted by atomic mass is 35.5. The summed E-state index contributed by atoms with van der Waals surface area (Å²) < 4.78 is 6.56. The van der Waals surface area contributed by atoms with Crippen molar-refractivity contribution in [3.63, 3.8) is 0 Å². The van der Waals surface area contributed by atoms with Crippen LogP contribution in [0.25, 0.3) is 0 Å². The van der Waals surface area contributed by atoms with E-state index in [0.717, 1.165) is 24.0 Å². The van der Waals surface area contributed by atoms with Crippen molar-refractivity contribution < 1.29 is 19.2 Å². The molecule has 1 aromatic carbocycles. The van der Waals surface area contributed by atoms with Gasteiger partial charge in [0.1, 0.15) is 16.4 Å². The lowest BCUT2D eigenvalue weighted by molar-refractivity contribution is -0.384. The molecule has 9 nitrogen and oxygen atoms in total. The number of aryl methyl sites for hydroxylation is 4. The molecule has 10 heteroatoms. The van der Waals surface area contributed by atoms with E-state index >= 15 is 0 Å². The molecule has 0 fully saturated rings. The molecule has 0 aliphatic rings. The number of amides is 1. The van der Waals surface area contributed by atoms with Gasteiger partial charge in [0.25, 0.3) is 11.6 Å². The van der Waals surface area contributed by atoms with Gasteiger partial charge in [0.05, 0.1) is 10.6 Å². The van der Waals surface area contributed by atoms with Crippen LogP contribution < -0.4 is 5.32 Å². The molecule has 29 heavy (non-hydrogen) atoms. The van der Waals surface area contributed by atoms with Crippen LogP contribution in [-0.4, -0.2) is 33.2 Å². The number of unbranched alkanes of at least 4 members (excludes halogenated alkanes) is 1. The second-order valence-electron chi connectivity index (χ2n) is 6.66. The number of hydrogen-bond acceptors (Lipinski definition) is 6. The average Bonchev–Trinajstić information content (AvgIpc) is 2.94. The minimum absolute atomic E-state index is 0.0424. The molecule has 156 valence electrons. The second-order valence-corrected chi connectivity index (χ2v) is 7.02. The Morgan fingerprint density at radius 2 is 1.93 bits per heavy atom. The van der Waals surface area contributed by atoms with Gasteiger partial charge in [-0.25, -0.2) is 4.79 Å². The first-order chi connectivity index (χ1) is 13.6. The Balaban J connectivity index is 2.07. The van der Waals surface area contributed by atoms with Crippen molar-refractivity contribution in [2.24, 2.45) is 0 Å². The summed E-state index contributed by atoms with van der Waals surface area (Å²) >= 11 is 6.22. The average molecular weight is 423 g/mol. The summed E-state index contributed by atoms with van der Waals surface area (Å²) in [7, 11) is 0. The highest BCUT2D eigenvalue weighted by Crippen LogP contribution is 2.28. The fraction of sp³-hybridized carbons (Fsp3) is 0.421. The van der Waals surface area contributed by atoms with E-state index in [1.54, 1.807) is 20.8 Å². The van der Waals surface area contributed by atoms with Gasteiger partial charge in [0, 0.05) is 12.6 Å². The Hall–Kier alpha value is -2.94. The lowest BCUT2D eigenvalue weighted by Crippen LogP contribution is -2.22. The minimum Gasteiger partial charge on any atom is -0.452 e. The van der Waals surface area contributed by atoms with Crippen molar-refractivity contribution in [3.8, 4) is 0 Å². The molecule has 0 atom stereocenters. The van der Waals surface area contributed by atoms with Gasteiger partial charge in [-0.2, -0.15) is 5.10 Å². The maximum atomic E-state index is 12.4. The summed E-state index contributed by atoms with van der Waals surface area (Å²) in [4.78, 5) is 35.2. The summed E-state index contributed by atoms with van der Waals surface area (Å²) in [6.07, 6.45) is 1.80. The first kappa shape index (κ1) is 22.4. The van der Waals surface area contributed by atoms with Gasteiger partial charge >= 0.3 is 5.97 Å². The predicted octanol–water partition coefficient (Wildman–Crippen LogP) is 3.97. The Bertz CT molecular complexity index is 955. The van der Waals surface area contributed by atoms with E-state index in [4.69, 9.17) is 16.3 Å². The van der Waals surface area contributed by atoms with Gasteiger partial charge in [-0.05, 0) is 44.4 Å². The number of rotatable bonds is 8. The summed E-state index contributed by atoms with van der Waals surface area (Å²) in [6, 6.07) is 2.89. The number of nitro groups is 1. The maximum Gasteiger partial charge on any atom is 0.343 e. The first-order valence-corrected chi connectivity index (χ1v) is 9.49.